The van der Waals surface area contributed by atoms with E-state index >= 15 is 0 Å². The maximum absolute atomic E-state index is 13.3. The molecule has 1 N–H and O–H groups in total. The minimum Gasteiger partial charge on any atom is -0.296 e. The third-order valence-corrected chi connectivity index (χ3v) is 6.12. The number of H-pyrrole nitrogens is 1. The Balaban J connectivity index is 1.59. The van der Waals surface area contributed by atoms with Crippen molar-refractivity contribution in [1.82, 2.24) is 14.8 Å². The van der Waals surface area contributed by atoms with Crippen LogP contribution in [0.1, 0.15) is 37.7 Å². The van der Waals surface area contributed by atoms with Gasteiger partial charge in [0.25, 0.3) is 5.56 Å². The second kappa shape index (κ2) is 7.35. The Kier molecular flexibility index (Phi) is 4.54. The molecule has 5 rings (SSSR count). The lowest BCUT2D eigenvalue weighted by molar-refractivity contribution is -0.123. The van der Waals surface area contributed by atoms with Crippen LogP contribution in [0.4, 0.5) is 5.82 Å². The molecule has 6 nitrogen and oxygen atoms in total. The van der Waals surface area contributed by atoms with Crippen LogP contribution in [0.2, 0.25) is 0 Å². The summed E-state index contributed by atoms with van der Waals surface area (Å²) in [6, 6.07) is 13.4. The van der Waals surface area contributed by atoms with Gasteiger partial charge in [-0.2, -0.15) is 0 Å². The van der Waals surface area contributed by atoms with Gasteiger partial charge in [-0.25, -0.2) is 9.67 Å². The molecule has 0 spiro atoms. The summed E-state index contributed by atoms with van der Waals surface area (Å²) in [5.74, 6) is 0.873. The number of hydrogen-bond donors (Lipinski definition) is 1. The molecule has 1 amide bonds. The number of amides is 1. The zero-order chi connectivity index (χ0) is 19.8. The van der Waals surface area contributed by atoms with Crippen molar-refractivity contribution in [1.29, 1.82) is 0 Å². The van der Waals surface area contributed by atoms with E-state index in [9.17, 15) is 9.59 Å². The van der Waals surface area contributed by atoms with E-state index in [0.717, 1.165) is 42.6 Å². The Hall–Kier alpha value is -3.15. The normalized spacial score (nSPS) is 16.8. The van der Waals surface area contributed by atoms with Gasteiger partial charge in [0.05, 0.1) is 11.4 Å². The number of benzene rings is 1. The predicted octanol–water partition coefficient (Wildman–Crippen LogP) is 3.70. The zero-order valence-corrected chi connectivity index (χ0v) is 16.3. The van der Waals surface area contributed by atoms with Crippen LogP contribution in [-0.4, -0.2) is 27.2 Å². The first-order valence-electron chi connectivity index (χ1n) is 10.4. The van der Waals surface area contributed by atoms with Gasteiger partial charge < -0.3 is 0 Å². The Morgan fingerprint density at radius 2 is 1.83 bits per heavy atom. The number of aromatic nitrogens is 3. The quantitative estimate of drug-likeness (QED) is 0.728. The molecule has 1 aliphatic carbocycles. The summed E-state index contributed by atoms with van der Waals surface area (Å²) >= 11 is 0. The number of para-hydroxylation sites is 1. The summed E-state index contributed by atoms with van der Waals surface area (Å²) in [6.45, 7) is 0.480. The van der Waals surface area contributed by atoms with E-state index in [1.807, 2.05) is 47.4 Å². The second-order valence-electron chi connectivity index (χ2n) is 7.89. The lowest BCUT2D eigenvalue weighted by Crippen LogP contribution is -2.39. The van der Waals surface area contributed by atoms with Gasteiger partial charge in [-0.3, -0.25) is 19.6 Å². The van der Waals surface area contributed by atoms with Gasteiger partial charge in [-0.1, -0.05) is 37.5 Å². The lowest BCUT2D eigenvalue weighted by atomic mass is 9.88. The van der Waals surface area contributed by atoms with Gasteiger partial charge in [0.1, 0.15) is 5.82 Å². The van der Waals surface area contributed by atoms with Crippen LogP contribution in [0.3, 0.4) is 0 Å². The fourth-order valence-corrected chi connectivity index (χ4v) is 4.61. The van der Waals surface area contributed by atoms with E-state index < -0.39 is 0 Å². The van der Waals surface area contributed by atoms with Crippen molar-refractivity contribution in [3.05, 3.63) is 64.6 Å². The van der Waals surface area contributed by atoms with Crippen molar-refractivity contribution in [3.8, 4) is 16.9 Å². The number of carbonyl (C=O) groups excluding carboxylic acids is 1. The monoisotopic (exact) mass is 388 g/mol. The van der Waals surface area contributed by atoms with Gasteiger partial charge in [0.2, 0.25) is 5.91 Å². The fraction of sp³-hybridized carbons (Fsp3) is 0.348. The van der Waals surface area contributed by atoms with Crippen LogP contribution in [0.15, 0.2) is 53.5 Å². The van der Waals surface area contributed by atoms with Crippen molar-refractivity contribution < 1.29 is 4.79 Å². The zero-order valence-electron chi connectivity index (χ0n) is 16.3. The standard InChI is InChI=1S/C23H24N4O2/c28-22(16-8-3-1-4-9-16)26-15-13-19-20(18-12-7-14-24-21(18)26)25-27(23(19)29)17-10-5-2-6-11-17/h2,5-7,10-12,14,16,25H,1,3-4,8-9,13,15H2. The summed E-state index contributed by atoms with van der Waals surface area (Å²) < 4.78 is 1.58. The third-order valence-electron chi connectivity index (χ3n) is 6.12. The molecule has 29 heavy (non-hydrogen) atoms. The largest absolute Gasteiger partial charge is 0.296 e. The highest BCUT2D eigenvalue weighted by Gasteiger charge is 2.32. The van der Waals surface area contributed by atoms with E-state index in [4.69, 9.17) is 0 Å². The van der Waals surface area contributed by atoms with Crippen molar-refractivity contribution in [3.63, 3.8) is 0 Å². The molecule has 0 radical (unpaired) electrons. The fourth-order valence-electron chi connectivity index (χ4n) is 4.61. The van der Waals surface area contributed by atoms with Crippen molar-refractivity contribution in [2.75, 3.05) is 11.4 Å². The first kappa shape index (κ1) is 17.9. The minimum atomic E-state index is -0.0621. The van der Waals surface area contributed by atoms with Crippen LogP contribution in [-0.2, 0) is 11.2 Å². The summed E-state index contributed by atoms with van der Waals surface area (Å²) in [4.78, 5) is 32.8. The van der Waals surface area contributed by atoms with Crippen molar-refractivity contribution >= 4 is 11.7 Å². The molecule has 3 heterocycles. The number of aromatic amines is 1. The molecular weight excluding hydrogens is 364 g/mol. The summed E-state index contributed by atoms with van der Waals surface area (Å²) in [7, 11) is 0. The molecule has 2 aromatic heterocycles. The molecule has 6 heteroatoms. The molecular formula is C23H24N4O2. The summed E-state index contributed by atoms with van der Waals surface area (Å²) in [5.41, 5.74) is 3.03. The topological polar surface area (TPSA) is 71.0 Å². The molecule has 1 fully saturated rings. The van der Waals surface area contributed by atoms with Crippen LogP contribution in [0.25, 0.3) is 16.9 Å². The number of nitrogens with one attached hydrogen (secondary N) is 1. The van der Waals surface area contributed by atoms with Gasteiger partial charge in [-0.15, -0.1) is 0 Å². The molecule has 1 aliphatic heterocycles. The molecule has 0 unspecified atom stereocenters. The van der Waals surface area contributed by atoms with Crippen LogP contribution < -0.4 is 10.5 Å². The van der Waals surface area contributed by atoms with Gasteiger partial charge in [0.15, 0.2) is 0 Å². The minimum absolute atomic E-state index is 0.0621. The van der Waals surface area contributed by atoms with E-state index in [2.05, 4.69) is 10.1 Å². The van der Waals surface area contributed by atoms with E-state index in [0.29, 0.717) is 24.3 Å². The van der Waals surface area contributed by atoms with Crippen molar-refractivity contribution in [2.45, 2.75) is 38.5 Å². The molecule has 1 saturated carbocycles. The number of fused-ring (bicyclic) bond motifs is 3. The smallest absolute Gasteiger partial charge is 0.275 e. The van der Waals surface area contributed by atoms with E-state index in [1.165, 1.54) is 6.42 Å². The summed E-state index contributed by atoms with van der Waals surface area (Å²) in [6.07, 6.45) is 7.56. The number of rotatable bonds is 2. The predicted molar refractivity (Wildman–Crippen MR) is 112 cm³/mol. The number of anilines is 1. The van der Waals surface area contributed by atoms with E-state index in [-0.39, 0.29) is 17.4 Å². The van der Waals surface area contributed by atoms with Gasteiger partial charge >= 0.3 is 0 Å². The highest BCUT2D eigenvalue weighted by molar-refractivity contribution is 5.98. The Bertz CT molecular complexity index is 1090. The first-order valence-corrected chi connectivity index (χ1v) is 10.4. The lowest BCUT2D eigenvalue weighted by Gasteiger charge is -2.28. The number of carbonyl (C=O) groups is 1. The maximum Gasteiger partial charge on any atom is 0.275 e. The van der Waals surface area contributed by atoms with Crippen LogP contribution in [0.5, 0.6) is 0 Å². The highest BCUT2D eigenvalue weighted by atomic mass is 16.2. The molecule has 0 saturated heterocycles. The number of nitrogens with zero attached hydrogens (tertiary/aromatic N) is 3. The van der Waals surface area contributed by atoms with Crippen LogP contribution in [0, 0.1) is 5.92 Å². The molecule has 1 aromatic carbocycles. The Morgan fingerprint density at radius 1 is 1.03 bits per heavy atom. The molecule has 2 aliphatic rings. The first-order chi connectivity index (χ1) is 14.2. The van der Waals surface area contributed by atoms with E-state index in [1.54, 1.807) is 10.9 Å². The summed E-state index contributed by atoms with van der Waals surface area (Å²) in [5, 5.41) is 3.28. The van der Waals surface area contributed by atoms with Gasteiger partial charge in [0, 0.05) is 29.8 Å². The molecule has 3 aromatic rings. The average Bonchev–Trinajstić information content (AvgIpc) is 3.01. The van der Waals surface area contributed by atoms with Gasteiger partial charge in [-0.05, 0) is 43.5 Å². The molecule has 148 valence electrons. The molecule has 0 atom stereocenters. The number of pyridine rings is 1. The Morgan fingerprint density at radius 3 is 2.62 bits per heavy atom. The second-order valence-corrected chi connectivity index (χ2v) is 7.89. The van der Waals surface area contributed by atoms with Crippen molar-refractivity contribution in [2.24, 2.45) is 5.92 Å². The van der Waals surface area contributed by atoms with Crippen LogP contribution >= 0.6 is 0 Å². The third kappa shape index (κ3) is 3.09. The highest BCUT2D eigenvalue weighted by Crippen LogP contribution is 2.35. The maximum atomic E-state index is 13.3. The Labute approximate surface area is 169 Å². The molecule has 0 bridgehead atoms. The number of hydrogen-bond acceptors (Lipinski definition) is 3. The SMILES string of the molecule is O=C(C1CCCCC1)N1CCc2c([nH]n(-c3ccccc3)c2=O)-c2cccnc21. The average molecular weight is 388 g/mol.